The zero-order valence-electron chi connectivity index (χ0n) is 12.5. The highest BCUT2D eigenvalue weighted by Gasteiger charge is 2.28. The second-order valence-electron chi connectivity index (χ2n) is 5.93. The topological polar surface area (TPSA) is 52.5 Å². The Labute approximate surface area is 126 Å². The second kappa shape index (κ2) is 6.85. The lowest BCUT2D eigenvalue weighted by Gasteiger charge is -2.33. The maximum absolute atomic E-state index is 10.7. The van der Waals surface area contributed by atoms with Gasteiger partial charge in [-0.1, -0.05) is 60.7 Å². The van der Waals surface area contributed by atoms with Crippen LogP contribution in [0, 0.1) is 0 Å². The molecular weight excluding hydrogens is 262 g/mol. The molecule has 0 saturated carbocycles. The maximum atomic E-state index is 10.7. The van der Waals surface area contributed by atoms with Crippen molar-refractivity contribution in [3.8, 4) is 0 Å². The lowest BCUT2D eigenvalue weighted by Crippen LogP contribution is -2.46. The summed E-state index contributed by atoms with van der Waals surface area (Å²) >= 11 is 0. The molecule has 21 heavy (non-hydrogen) atoms. The van der Waals surface area contributed by atoms with E-state index in [9.17, 15) is 10.2 Å². The lowest BCUT2D eigenvalue weighted by atomic mass is 9.93. The molecule has 2 unspecified atom stereocenters. The van der Waals surface area contributed by atoms with Crippen LogP contribution in [0.4, 0.5) is 0 Å². The van der Waals surface area contributed by atoms with Crippen molar-refractivity contribution in [3.05, 3.63) is 71.8 Å². The zero-order chi connectivity index (χ0) is 15.3. The molecule has 0 bridgehead atoms. The van der Waals surface area contributed by atoms with E-state index in [-0.39, 0.29) is 12.6 Å². The monoisotopic (exact) mass is 285 g/mol. The molecule has 0 aliphatic rings. The fourth-order valence-corrected chi connectivity index (χ4v) is 2.31. The molecule has 112 valence electrons. The molecule has 2 aromatic carbocycles. The van der Waals surface area contributed by atoms with Gasteiger partial charge in [0, 0.05) is 5.54 Å². The third-order valence-corrected chi connectivity index (χ3v) is 3.56. The van der Waals surface area contributed by atoms with Crippen LogP contribution in [0.25, 0.3) is 0 Å². The maximum Gasteiger partial charge on any atom is 0.0984 e. The average molecular weight is 285 g/mol. The van der Waals surface area contributed by atoms with Crippen LogP contribution in [0.1, 0.15) is 37.1 Å². The molecule has 0 aliphatic heterocycles. The van der Waals surface area contributed by atoms with Crippen LogP contribution in [0.15, 0.2) is 60.7 Å². The summed E-state index contributed by atoms with van der Waals surface area (Å²) in [5.74, 6) is 0. The van der Waals surface area contributed by atoms with E-state index in [0.29, 0.717) is 0 Å². The van der Waals surface area contributed by atoms with Crippen LogP contribution < -0.4 is 5.32 Å². The van der Waals surface area contributed by atoms with Crippen molar-refractivity contribution in [3.63, 3.8) is 0 Å². The van der Waals surface area contributed by atoms with Gasteiger partial charge in [-0.3, -0.25) is 0 Å². The van der Waals surface area contributed by atoms with Crippen molar-refractivity contribution in [2.45, 2.75) is 31.5 Å². The second-order valence-corrected chi connectivity index (χ2v) is 5.93. The number of nitrogens with one attached hydrogen (secondary N) is 1. The molecule has 0 amide bonds. The Kier molecular flexibility index (Phi) is 5.12. The fraction of sp³-hybridized carbons (Fsp3) is 0.333. The van der Waals surface area contributed by atoms with E-state index >= 15 is 0 Å². The Morgan fingerprint density at radius 3 is 1.86 bits per heavy atom. The standard InChI is InChI=1S/C18H23NO2/c1-18(2,13-20)19-16(14-9-5-3-6-10-14)17(21)15-11-7-4-8-12-15/h3-12,16-17,19-21H,13H2,1-2H3. The summed E-state index contributed by atoms with van der Waals surface area (Å²) in [5.41, 5.74) is 1.37. The summed E-state index contributed by atoms with van der Waals surface area (Å²) in [4.78, 5) is 0. The molecule has 3 N–H and O–H groups in total. The van der Waals surface area contributed by atoms with E-state index in [4.69, 9.17) is 0 Å². The highest BCUT2D eigenvalue weighted by Crippen LogP contribution is 2.30. The molecule has 0 spiro atoms. The fourth-order valence-electron chi connectivity index (χ4n) is 2.31. The molecule has 3 nitrogen and oxygen atoms in total. The number of hydrogen-bond acceptors (Lipinski definition) is 3. The highest BCUT2D eigenvalue weighted by atomic mass is 16.3. The predicted octanol–water partition coefficient (Wildman–Crippen LogP) is 2.82. The number of rotatable bonds is 6. The minimum Gasteiger partial charge on any atom is -0.394 e. The Bertz CT molecular complexity index is 540. The van der Waals surface area contributed by atoms with E-state index < -0.39 is 11.6 Å². The molecular formula is C18H23NO2. The van der Waals surface area contributed by atoms with E-state index in [1.54, 1.807) is 0 Å². The smallest absolute Gasteiger partial charge is 0.0984 e. The van der Waals surface area contributed by atoms with Gasteiger partial charge in [-0.05, 0) is 25.0 Å². The van der Waals surface area contributed by atoms with Gasteiger partial charge in [0.25, 0.3) is 0 Å². The molecule has 2 aromatic rings. The normalized spacial score (nSPS) is 14.7. The zero-order valence-corrected chi connectivity index (χ0v) is 12.5. The highest BCUT2D eigenvalue weighted by molar-refractivity contribution is 5.26. The molecule has 0 saturated heterocycles. The minimum absolute atomic E-state index is 0.00214. The summed E-state index contributed by atoms with van der Waals surface area (Å²) in [7, 11) is 0. The van der Waals surface area contributed by atoms with Crippen molar-refractivity contribution in [1.82, 2.24) is 5.32 Å². The van der Waals surface area contributed by atoms with Crippen molar-refractivity contribution in [1.29, 1.82) is 0 Å². The van der Waals surface area contributed by atoms with Crippen molar-refractivity contribution < 1.29 is 10.2 Å². The number of hydrogen-bond donors (Lipinski definition) is 3. The van der Waals surface area contributed by atoms with E-state index in [0.717, 1.165) is 11.1 Å². The van der Waals surface area contributed by atoms with Gasteiger partial charge in [0.2, 0.25) is 0 Å². The molecule has 0 radical (unpaired) electrons. The van der Waals surface area contributed by atoms with E-state index in [1.807, 2.05) is 74.5 Å². The first kappa shape index (κ1) is 15.7. The van der Waals surface area contributed by atoms with Crippen LogP contribution in [-0.2, 0) is 0 Å². The summed E-state index contributed by atoms with van der Waals surface area (Å²) in [6.45, 7) is 3.83. The SMILES string of the molecule is CC(C)(CO)NC(c1ccccc1)C(O)c1ccccc1. The van der Waals surface area contributed by atoms with Gasteiger partial charge in [-0.15, -0.1) is 0 Å². The van der Waals surface area contributed by atoms with Gasteiger partial charge in [-0.2, -0.15) is 0 Å². The lowest BCUT2D eigenvalue weighted by molar-refractivity contribution is 0.0916. The number of aliphatic hydroxyl groups is 2. The van der Waals surface area contributed by atoms with Crippen molar-refractivity contribution in [2.75, 3.05) is 6.61 Å². The molecule has 0 heterocycles. The summed E-state index contributed by atoms with van der Waals surface area (Å²) < 4.78 is 0. The van der Waals surface area contributed by atoms with Crippen LogP contribution in [0.5, 0.6) is 0 Å². The van der Waals surface area contributed by atoms with Crippen LogP contribution in [-0.4, -0.2) is 22.4 Å². The van der Waals surface area contributed by atoms with Crippen LogP contribution in [0.3, 0.4) is 0 Å². The van der Waals surface area contributed by atoms with Gasteiger partial charge in [0.15, 0.2) is 0 Å². The molecule has 0 fully saturated rings. The Hall–Kier alpha value is -1.68. The Morgan fingerprint density at radius 1 is 0.905 bits per heavy atom. The molecule has 0 aromatic heterocycles. The molecule has 3 heteroatoms. The van der Waals surface area contributed by atoms with Crippen LogP contribution in [0.2, 0.25) is 0 Å². The van der Waals surface area contributed by atoms with Crippen LogP contribution >= 0.6 is 0 Å². The Morgan fingerprint density at radius 2 is 1.38 bits per heavy atom. The average Bonchev–Trinajstić information content (AvgIpc) is 2.54. The number of aliphatic hydroxyl groups excluding tert-OH is 2. The first-order valence-electron chi connectivity index (χ1n) is 7.20. The van der Waals surface area contributed by atoms with Gasteiger partial charge in [0.1, 0.15) is 0 Å². The van der Waals surface area contributed by atoms with E-state index in [1.165, 1.54) is 0 Å². The molecule has 0 aliphatic carbocycles. The van der Waals surface area contributed by atoms with Crippen molar-refractivity contribution in [2.24, 2.45) is 0 Å². The van der Waals surface area contributed by atoms with Gasteiger partial charge in [0.05, 0.1) is 18.8 Å². The van der Waals surface area contributed by atoms with Gasteiger partial charge in [-0.25, -0.2) is 0 Å². The summed E-state index contributed by atoms with van der Waals surface area (Å²) in [6, 6.07) is 19.1. The van der Waals surface area contributed by atoms with Crippen molar-refractivity contribution >= 4 is 0 Å². The third kappa shape index (κ3) is 4.14. The largest absolute Gasteiger partial charge is 0.394 e. The first-order chi connectivity index (χ1) is 10.0. The Balaban J connectivity index is 2.32. The quantitative estimate of drug-likeness (QED) is 0.765. The first-order valence-corrected chi connectivity index (χ1v) is 7.20. The third-order valence-electron chi connectivity index (χ3n) is 3.56. The summed E-state index contributed by atoms with van der Waals surface area (Å²) in [6.07, 6.45) is -0.681. The molecule has 2 atom stereocenters. The van der Waals surface area contributed by atoms with E-state index in [2.05, 4.69) is 5.32 Å². The van der Waals surface area contributed by atoms with Gasteiger partial charge >= 0.3 is 0 Å². The predicted molar refractivity (Wildman–Crippen MR) is 84.9 cm³/mol. The number of benzene rings is 2. The van der Waals surface area contributed by atoms with Gasteiger partial charge < -0.3 is 15.5 Å². The minimum atomic E-state index is -0.681. The molecule has 2 rings (SSSR count). The summed E-state index contributed by atoms with van der Waals surface area (Å²) in [5, 5.41) is 23.6.